The number of amides is 1. The van der Waals surface area contributed by atoms with Crippen molar-refractivity contribution in [3.05, 3.63) is 82.7 Å². The maximum Gasteiger partial charge on any atom is 0.279 e. The molecular formula is C25H25N3O4S2. The first-order chi connectivity index (χ1) is 16.3. The van der Waals surface area contributed by atoms with E-state index in [0.29, 0.717) is 22.6 Å². The standard InChI is InChI=1S/C25H25N3O4S2/c1-5-28-22-21(32-4)16-11-17(2)23(22)33-25(28)26-24(29)18-12-14-20(15-13-18)34(30,31)27(3)19-9-7-6-8-10-19/h6-16H,5H2,1-4H3. The second kappa shape index (κ2) is 9.44. The molecule has 9 heteroatoms. The molecule has 0 spiro atoms. The summed E-state index contributed by atoms with van der Waals surface area (Å²) in [5.74, 6) is 0.287. The van der Waals surface area contributed by atoms with Gasteiger partial charge in [-0.2, -0.15) is 4.99 Å². The molecule has 176 valence electrons. The number of aromatic nitrogens is 1. The van der Waals surface area contributed by atoms with Crippen molar-refractivity contribution in [3.63, 3.8) is 0 Å². The molecule has 4 rings (SSSR count). The van der Waals surface area contributed by atoms with Crippen molar-refractivity contribution in [2.24, 2.45) is 4.99 Å². The molecule has 0 radical (unpaired) electrons. The van der Waals surface area contributed by atoms with E-state index >= 15 is 0 Å². The number of hydrogen-bond donors (Lipinski definition) is 0. The number of rotatable bonds is 6. The zero-order valence-corrected chi connectivity index (χ0v) is 21.0. The summed E-state index contributed by atoms with van der Waals surface area (Å²) >= 11 is 1.43. The summed E-state index contributed by atoms with van der Waals surface area (Å²) in [5, 5.41) is 0. The van der Waals surface area contributed by atoms with Crippen LogP contribution in [0.15, 0.2) is 76.6 Å². The summed E-state index contributed by atoms with van der Waals surface area (Å²) in [4.78, 5) is 18.0. The Bertz CT molecular complexity index is 1520. The van der Waals surface area contributed by atoms with Gasteiger partial charge in [-0.3, -0.25) is 9.10 Å². The molecule has 0 bridgehead atoms. The van der Waals surface area contributed by atoms with Gasteiger partial charge in [-0.25, -0.2) is 8.42 Å². The number of carbonyl (C=O) groups excluding carboxylic acids is 1. The second-order valence-corrected chi connectivity index (χ2v) is 10.6. The number of hydrogen-bond acceptors (Lipinski definition) is 5. The van der Waals surface area contributed by atoms with E-state index in [1.165, 1.54) is 47.0 Å². The molecule has 7 nitrogen and oxygen atoms in total. The topological polar surface area (TPSA) is 81.0 Å². The Kier molecular flexibility index (Phi) is 6.58. The fourth-order valence-electron chi connectivity index (χ4n) is 3.68. The van der Waals surface area contributed by atoms with E-state index in [0.717, 1.165) is 21.5 Å². The third-order valence-corrected chi connectivity index (χ3v) is 8.61. The molecule has 0 saturated heterocycles. The molecule has 34 heavy (non-hydrogen) atoms. The minimum atomic E-state index is -3.76. The van der Waals surface area contributed by atoms with Gasteiger partial charge in [0.25, 0.3) is 15.9 Å². The van der Waals surface area contributed by atoms with Crippen LogP contribution in [0.4, 0.5) is 5.69 Å². The Labute approximate surface area is 202 Å². The van der Waals surface area contributed by atoms with Crippen LogP contribution in [0.25, 0.3) is 10.2 Å². The first-order valence-electron chi connectivity index (χ1n) is 10.7. The van der Waals surface area contributed by atoms with Crippen molar-refractivity contribution >= 4 is 43.2 Å². The van der Waals surface area contributed by atoms with Crippen LogP contribution in [-0.2, 0) is 16.6 Å². The van der Waals surface area contributed by atoms with Gasteiger partial charge in [0.05, 0.1) is 22.4 Å². The van der Waals surface area contributed by atoms with E-state index in [9.17, 15) is 13.2 Å². The Balaban J connectivity index is 1.69. The number of benzene rings is 3. The molecule has 0 fully saturated rings. The summed E-state index contributed by atoms with van der Waals surface area (Å²) < 4.78 is 35.7. The fourth-order valence-corrected chi connectivity index (χ4v) is 6.05. The summed E-state index contributed by atoms with van der Waals surface area (Å²) in [5.41, 5.74) is 2.85. The van der Waals surface area contributed by atoms with Crippen LogP contribution in [-0.4, -0.2) is 33.0 Å². The summed E-state index contributed by atoms with van der Waals surface area (Å²) in [6, 6.07) is 18.6. The monoisotopic (exact) mass is 495 g/mol. The van der Waals surface area contributed by atoms with E-state index in [-0.39, 0.29) is 4.90 Å². The number of thiazole rings is 1. The predicted octanol–water partition coefficient (Wildman–Crippen LogP) is 4.61. The van der Waals surface area contributed by atoms with Gasteiger partial charge in [0.2, 0.25) is 0 Å². The normalized spacial score (nSPS) is 12.2. The van der Waals surface area contributed by atoms with Gasteiger partial charge in [-0.15, -0.1) is 0 Å². The van der Waals surface area contributed by atoms with E-state index in [2.05, 4.69) is 4.99 Å². The Morgan fingerprint density at radius 1 is 1.06 bits per heavy atom. The molecule has 1 aromatic heterocycles. The van der Waals surface area contributed by atoms with Gasteiger partial charge >= 0.3 is 0 Å². The van der Waals surface area contributed by atoms with Crippen molar-refractivity contribution in [2.75, 3.05) is 18.5 Å². The Hall–Kier alpha value is -3.43. The third-order valence-electron chi connectivity index (χ3n) is 5.60. The fraction of sp³-hybridized carbons (Fsp3) is 0.200. The average molecular weight is 496 g/mol. The van der Waals surface area contributed by atoms with Crippen LogP contribution < -0.4 is 13.8 Å². The van der Waals surface area contributed by atoms with Crippen LogP contribution in [0, 0.1) is 6.92 Å². The maximum atomic E-state index is 13.0. The third kappa shape index (κ3) is 4.24. The van der Waals surface area contributed by atoms with Gasteiger partial charge in [0.1, 0.15) is 11.3 Å². The first kappa shape index (κ1) is 23.7. The molecule has 4 aromatic rings. The van der Waals surface area contributed by atoms with Crippen LogP contribution in [0.3, 0.4) is 0 Å². The largest absolute Gasteiger partial charge is 0.495 e. The molecule has 0 atom stereocenters. The highest BCUT2D eigenvalue weighted by atomic mass is 32.2. The van der Waals surface area contributed by atoms with Gasteiger partial charge in [0.15, 0.2) is 4.80 Å². The van der Waals surface area contributed by atoms with Gasteiger partial charge in [-0.05, 0) is 61.9 Å². The molecule has 0 unspecified atom stereocenters. The Morgan fingerprint density at radius 3 is 2.35 bits per heavy atom. The lowest BCUT2D eigenvalue weighted by molar-refractivity contribution is 0.0997. The summed E-state index contributed by atoms with van der Waals surface area (Å²) in [6.45, 7) is 4.62. The molecule has 0 saturated carbocycles. The van der Waals surface area contributed by atoms with E-state index < -0.39 is 15.9 Å². The molecule has 0 N–H and O–H groups in total. The summed E-state index contributed by atoms with van der Waals surface area (Å²) in [7, 11) is -0.638. The zero-order chi connectivity index (χ0) is 24.5. The van der Waals surface area contributed by atoms with Gasteiger partial charge in [0, 0.05) is 19.2 Å². The quantitative estimate of drug-likeness (QED) is 0.391. The van der Waals surface area contributed by atoms with Crippen LogP contribution in [0.2, 0.25) is 0 Å². The average Bonchev–Trinajstić information content (AvgIpc) is 3.23. The van der Waals surface area contributed by atoms with E-state index in [4.69, 9.17) is 4.74 Å². The second-order valence-electron chi connectivity index (χ2n) is 7.64. The minimum Gasteiger partial charge on any atom is -0.495 e. The summed E-state index contributed by atoms with van der Waals surface area (Å²) in [6.07, 6.45) is 0. The first-order valence-corrected chi connectivity index (χ1v) is 12.9. The van der Waals surface area contributed by atoms with Crippen LogP contribution >= 0.6 is 11.3 Å². The highest BCUT2D eigenvalue weighted by molar-refractivity contribution is 7.92. The number of carbonyl (C=O) groups is 1. The van der Waals surface area contributed by atoms with Crippen molar-refractivity contribution < 1.29 is 17.9 Å². The molecular weight excluding hydrogens is 470 g/mol. The smallest absolute Gasteiger partial charge is 0.279 e. The molecule has 0 aliphatic rings. The minimum absolute atomic E-state index is 0.0984. The molecule has 0 aliphatic heterocycles. The van der Waals surface area contributed by atoms with Gasteiger partial charge in [-0.1, -0.05) is 35.6 Å². The van der Waals surface area contributed by atoms with Crippen molar-refractivity contribution in [1.82, 2.24) is 4.57 Å². The maximum absolute atomic E-state index is 13.0. The molecule has 0 aliphatic carbocycles. The number of nitrogens with zero attached hydrogens (tertiary/aromatic N) is 3. The number of ether oxygens (including phenoxy) is 1. The lowest BCUT2D eigenvalue weighted by Gasteiger charge is -2.19. The SMILES string of the molecule is CCn1c(=NC(=O)c2ccc(S(=O)(=O)N(C)c3ccccc3)cc2)sc2c(C)ccc(OC)c21. The number of aryl methyl sites for hydroxylation is 2. The number of methoxy groups -OCH3 is 1. The number of para-hydroxylation sites is 1. The van der Waals surface area contributed by atoms with Crippen LogP contribution in [0.5, 0.6) is 5.75 Å². The van der Waals surface area contributed by atoms with Crippen molar-refractivity contribution in [1.29, 1.82) is 0 Å². The lowest BCUT2D eigenvalue weighted by Crippen LogP contribution is -2.26. The van der Waals surface area contributed by atoms with Crippen molar-refractivity contribution in [3.8, 4) is 5.75 Å². The lowest BCUT2D eigenvalue weighted by atomic mass is 10.2. The number of sulfonamides is 1. The predicted molar refractivity (Wildman–Crippen MR) is 135 cm³/mol. The molecule has 1 amide bonds. The highest BCUT2D eigenvalue weighted by Crippen LogP contribution is 2.30. The van der Waals surface area contributed by atoms with Gasteiger partial charge < -0.3 is 9.30 Å². The number of fused-ring (bicyclic) bond motifs is 1. The molecule has 1 heterocycles. The number of anilines is 1. The van der Waals surface area contributed by atoms with E-state index in [1.807, 2.05) is 36.6 Å². The zero-order valence-electron chi connectivity index (χ0n) is 19.3. The van der Waals surface area contributed by atoms with E-state index in [1.54, 1.807) is 31.4 Å². The molecule has 3 aromatic carbocycles. The highest BCUT2D eigenvalue weighted by Gasteiger charge is 2.21. The van der Waals surface area contributed by atoms with Crippen LogP contribution in [0.1, 0.15) is 22.8 Å². The van der Waals surface area contributed by atoms with Crippen molar-refractivity contribution in [2.45, 2.75) is 25.3 Å². The Morgan fingerprint density at radius 2 is 1.74 bits per heavy atom.